The number of hydrogen-bond donors (Lipinski definition) is 0. The van der Waals surface area contributed by atoms with Crippen molar-refractivity contribution in [2.75, 3.05) is 19.7 Å². The Morgan fingerprint density at radius 2 is 2.58 bits per heavy atom. The zero-order chi connectivity index (χ0) is 8.97. The summed E-state index contributed by atoms with van der Waals surface area (Å²) in [7, 11) is 0. The van der Waals surface area contributed by atoms with Gasteiger partial charge < -0.3 is 4.74 Å². The number of carbonyl (C=O) groups excluding carboxylic acids is 2. The Bertz CT molecular complexity index is 260. The van der Waals surface area contributed by atoms with Gasteiger partial charge in [0.15, 0.2) is 0 Å². The summed E-state index contributed by atoms with van der Waals surface area (Å²) in [5.74, 6) is -0.408. The van der Waals surface area contributed by atoms with E-state index in [-0.39, 0.29) is 13.2 Å². The lowest BCUT2D eigenvalue weighted by molar-refractivity contribution is -0.126. The highest BCUT2D eigenvalue weighted by molar-refractivity contribution is 7.78. The lowest BCUT2D eigenvalue weighted by Crippen LogP contribution is -2.33. The molecule has 0 saturated carbocycles. The van der Waals surface area contributed by atoms with E-state index in [2.05, 4.69) is 21.9 Å². The number of carbonyl (C=O) groups is 2. The van der Waals surface area contributed by atoms with Crippen molar-refractivity contribution in [3.8, 4) is 0 Å². The predicted octanol–water partition coefficient (Wildman–Crippen LogP) is 0.0680. The van der Waals surface area contributed by atoms with Gasteiger partial charge in [-0.15, -0.1) is 0 Å². The molecule has 64 valence electrons. The lowest BCUT2D eigenvalue weighted by atomic mass is 10.5. The van der Waals surface area contributed by atoms with Gasteiger partial charge in [-0.05, 0) is 12.2 Å². The third-order valence-corrected chi connectivity index (χ3v) is 1.47. The summed E-state index contributed by atoms with van der Waals surface area (Å²) in [4.78, 5) is 26.2. The van der Waals surface area contributed by atoms with Crippen LogP contribution in [0.2, 0.25) is 0 Å². The molecule has 0 aromatic rings. The number of ether oxygens (including phenoxy) is 1. The van der Waals surface area contributed by atoms with Gasteiger partial charge in [0, 0.05) is 0 Å². The topological polar surface area (TPSA) is 59.0 Å². The summed E-state index contributed by atoms with van der Waals surface area (Å²) in [6.45, 7) is 0.412. The van der Waals surface area contributed by atoms with E-state index in [0.717, 1.165) is 4.90 Å². The maximum absolute atomic E-state index is 11.1. The van der Waals surface area contributed by atoms with Gasteiger partial charge in [-0.3, -0.25) is 4.79 Å². The van der Waals surface area contributed by atoms with E-state index in [1.54, 1.807) is 0 Å². The molecule has 1 rings (SSSR count). The minimum absolute atomic E-state index is 0.140. The van der Waals surface area contributed by atoms with Crippen molar-refractivity contribution in [1.29, 1.82) is 0 Å². The molecule has 1 fully saturated rings. The highest BCUT2D eigenvalue weighted by Crippen LogP contribution is 2.02. The first-order valence-corrected chi connectivity index (χ1v) is 3.67. The monoisotopic (exact) mass is 186 g/mol. The second-order valence-corrected chi connectivity index (χ2v) is 2.25. The number of cyclic esters (lactones) is 1. The first kappa shape index (κ1) is 8.83. The Balaban J connectivity index is 2.51. The third-order valence-electron chi connectivity index (χ3n) is 1.34. The van der Waals surface area contributed by atoms with Gasteiger partial charge in [-0.25, -0.2) is 14.7 Å². The molecule has 0 atom stereocenters. The van der Waals surface area contributed by atoms with E-state index in [1.807, 2.05) is 5.16 Å². The van der Waals surface area contributed by atoms with E-state index in [1.165, 1.54) is 0 Å². The first-order valence-electron chi connectivity index (χ1n) is 3.26. The van der Waals surface area contributed by atoms with Crippen molar-refractivity contribution in [1.82, 2.24) is 4.90 Å². The molecule has 0 aromatic carbocycles. The van der Waals surface area contributed by atoms with Crippen LogP contribution in [0.4, 0.5) is 4.79 Å². The summed E-state index contributed by atoms with van der Waals surface area (Å²) in [5, 5.41) is 2.05. The van der Waals surface area contributed by atoms with Crippen LogP contribution in [0, 0.1) is 0 Å². The molecule has 0 unspecified atom stereocenters. The van der Waals surface area contributed by atoms with Gasteiger partial charge in [-0.2, -0.15) is 0 Å². The van der Waals surface area contributed by atoms with Gasteiger partial charge in [0.25, 0.3) is 5.91 Å². The quantitative estimate of drug-likeness (QED) is 0.452. The van der Waals surface area contributed by atoms with Crippen LogP contribution in [0.25, 0.3) is 0 Å². The van der Waals surface area contributed by atoms with Gasteiger partial charge >= 0.3 is 6.09 Å². The zero-order valence-corrected chi connectivity index (χ0v) is 6.97. The molecular formula is C6H6N2O3S. The fourth-order valence-electron chi connectivity index (χ4n) is 0.805. The van der Waals surface area contributed by atoms with Crippen LogP contribution in [0.15, 0.2) is 4.99 Å². The second kappa shape index (κ2) is 3.94. The smallest absolute Gasteiger partial charge is 0.416 e. The van der Waals surface area contributed by atoms with Gasteiger partial charge in [-0.1, -0.05) is 0 Å². The van der Waals surface area contributed by atoms with Crippen LogP contribution in [-0.4, -0.2) is 41.8 Å². The number of hydrogen-bond acceptors (Lipinski definition) is 5. The maximum Gasteiger partial charge on any atom is 0.416 e. The van der Waals surface area contributed by atoms with Gasteiger partial charge in [0.05, 0.1) is 11.7 Å². The Morgan fingerprint density at radius 3 is 3.08 bits per heavy atom. The van der Waals surface area contributed by atoms with Crippen molar-refractivity contribution >= 4 is 29.4 Å². The minimum Gasteiger partial charge on any atom is -0.447 e. The maximum atomic E-state index is 11.1. The van der Waals surface area contributed by atoms with E-state index >= 15 is 0 Å². The molecule has 0 radical (unpaired) electrons. The van der Waals surface area contributed by atoms with Crippen molar-refractivity contribution in [3.05, 3.63) is 0 Å². The van der Waals surface area contributed by atoms with Crippen LogP contribution in [0.1, 0.15) is 0 Å². The molecule has 0 N–H and O–H groups in total. The molecule has 1 saturated heterocycles. The molecule has 1 heterocycles. The van der Waals surface area contributed by atoms with Crippen LogP contribution in [0.3, 0.4) is 0 Å². The Morgan fingerprint density at radius 1 is 1.83 bits per heavy atom. The number of rotatable bonds is 2. The molecule has 6 heteroatoms. The van der Waals surface area contributed by atoms with E-state index in [0.29, 0.717) is 6.54 Å². The SMILES string of the molecule is O=C(CN=C=S)N1CCOC1=O. The first-order chi connectivity index (χ1) is 5.75. The summed E-state index contributed by atoms with van der Waals surface area (Å²) in [5.41, 5.74) is 0. The van der Waals surface area contributed by atoms with Gasteiger partial charge in [0.2, 0.25) is 0 Å². The number of imide groups is 1. The van der Waals surface area contributed by atoms with Gasteiger partial charge in [0.1, 0.15) is 13.2 Å². The van der Waals surface area contributed by atoms with E-state index < -0.39 is 12.0 Å². The Labute approximate surface area is 74.0 Å². The van der Waals surface area contributed by atoms with Crippen LogP contribution >= 0.6 is 12.2 Å². The van der Waals surface area contributed by atoms with E-state index in [9.17, 15) is 9.59 Å². The normalized spacial score (nSPS) is 15.3. The number of thiocarbonyl (C=S) groups is 1. The van der Waals surface area contributed by atoms with Crippen LogP contribution in [0.5, 0.6) is 0 Å². The molecule has 0 aliphatic carbocycles. The highest BCUT2D eigenvalue weighted by atomic mass is 32.1. The zero-order valence-electron chi connectivity index (χ0n) is 6.15. The van der Waals surface area contributed by atoms with Crippen molar-refractivity contribution in [2.24, 2.45) is 4.99 Å². The molecular weight excluding hydrogens is 180 g/mol. The molecule has 0 aromatic heterocycles. The Hall–Kier alpha value is -1.26. The number of amides is 2. The summed E-state index contributed by atoms with van der Waals surface area (Å²) in [6, 6.07) is 0. The lowest BCUT2D eigenvalue weighted by Gasteiger charge is -2.06. The fraction of sp³-hybridized carbons (Fsp3) is 0.500. The van der Waals surface area contributed by atoms with Crippen LogP contribution in [-0.2, 0) is 9.53 Å². The average molecular weight is 186 g/mol. The minimum atomic E-state index is -0.612. The molecule has 0 bridgehead atoms. The fourth-order valence-corrected chi connectivity index (χ4v) is 0.870. The molecule has 5 nitrogen and oxygen atoms in total. The van der Waals surface area contributed by atoms with Crippen LogP contribution < -0.4 is 0 Å². The van der Waals surface area contributed by atoms with Crippen molar-refractivity contribution in [3.63, 3.8) is 0 Å². The highest BCUT2D eigenvalue weighted by Gasteiger charge is 2.27. The third kappa shape index (κ3) is 1.87. The number of isothiocyanates is 1. The number of aliphatic imine (C=N–C) groups is 1. The summed E-state index contributed by atoms with van der Waals surface area (Å²) in [6.07, 6.45) is -0.612. The van der Waals surface area contributed by atoms with E-state index in [4.69, 9.17) is 0 Å². The summed E-state index contributed by atoms with van der Waals surface area (Å²) >= 11 is 4.27. The largest absolute Gasteiger partial charge is 0.447 e. The standard InChI is InChI=1S/C6H6N2O3S/c9-5(3-7-4-12)8-1-2-11-6(8)10/h1-3H2. The predicted molar refractivity (Wildman–Crippen MR) is 43.0 cm³/mol. The molecule has 1 aliphatic heterocycles. The number of nitrogens with zero attached hydrogens (tertiary/aromatic N) is 2. The van der Waals surface area contributed by atoms with Crippen molar-refractivity contribution in [2.45, 2.75) is 0 Å². The van der Waals surface area contributed by atoms with Crippen molar-refractivity contribution < 1.29 is 14.3 Å². The molecule has 2 amide bonds. The second-order valence-electron chi connectivity index (χ2n) is 2.07. The molecule has 1 aliphatic rings. The summed E-state index contributed by atoms with van der Waals surface area (Å²) < 4.78 is 4.54. The average Bonchev–Trinajstić information content (AvgIpc) is 2.47. The Kier molecular flexibility index (Phi) is 2.90. The molecule has 12 heavy (non-hydrogen) atoms. The molecule has 0 spiro atoms.